The third-order valence-corrected chi connectivity index (χ3v) is 2.77. The Labute approximate surface area is 110 Å². The first-order valence-corrected chi connectivity index (χ1v) is 5.65. The molecule has 0 bridgehead atoms. The molecule has 0 aliphatic heterocycles. The molecule has 0 aliphatic carbocycles. The largest absolute Gasteiger partial charge is 0.396 e. The number of pyridine rings is 1. The van der Waals surface area contributed by atoms with Gasteiger partial charge in [0.15, 0.2) is 5.82 Å². The minimum atomic E-state index is 0.470. The molecular weight excluding hydrogens is 248 g/mol. The van der Waals surface area contributed by atoms with E-state index in [1.54, 1.807) is 17.0 Å². The van der Waals surface area contributed by atoms with Gasteiger partial charge in [-0.3, -0.25) is 0 Å². The molecule has 0 radical (unpaired) electrons. The first-order valence-electron chi connectivity index (χ1n) is 5.27. The van der Waals surface area contributed by atoms with Crippen molar-refractivity contribution in [3.63, 3.8) is 0 Å². The van der Waals surface area contributed by atoms with Crippen LogP contribution in [0.15, 0.2) is 36.5 Å². The van der Waals surface area contributed by atoms with E-state index >= 15 is 0 Å². The molecule has 0 atom stereocenters. The Bertz CT molecular complexity index is 619. The zero-order valence-corrected chi connectivity index (χ0v) is 10.5. The van der Waals surface area contributed by atoms with Crippen LogP contribution in [0.25, 0.3) is 0 Å². The van der Waals surface area contributed by atoms with Crippen molar-refractivity contribution in [3.8, 4) is 6.07 Å². The smallest absolute Gasteiger partial charge is 0.156 e. The second-order valence-electron chi connectivity index (χ2n) is 3.75. The molecule has 0 spiro atoms. The highest BCUT2D eigenvalue weighted by Gasteiger charge is 2.12. The van der Waals surface area contributed by atoms with Crippen LogP contribution in [0.4, 0.5) is 17.2 Å². The zero-order valence-electron chi connectivity index (χ0n) is 9.76. The van der Waals surface area contributed by atoms with E-state index in [9.17, 15) is 0 Å². The van der Waals surface area contributed by atoms with Gasteiger partial charge < -0.3 is 10.6 Å². The van der Waals surface area contributed by atoms with Crippen LogP contribution >= 0.6 is 11.6 Å². The molecule has 2 N–H and O–H groups in total. The van der Waals surface area contributed by atoms with Crippen molar-refractivity contribution >= 4 is 28.8 Å². The number of nitrogens with zero attached hydrogens (tertiary/aromatic N) is 3. The maximum atomic E-state index is 9.08. The number of benzene rings is 1. The highest BCUT2D eigenvalue weighted by Crippen LogP contribution is 2.30. The summed E-state index contributed by atoms with van der Waals surface area (Å²) < 4.78 is 0. The van der Waals surface area contributed by atoms with Gasteiger partial charge in [-0.2, -0.15) is 5.26 Å². The molecule has 0 aliphatic rings. The molecule has 1 heterocycles. The standard InChI is InChI=1S/C13H11ClN4/c1-18(12-5-3-2-4-9(12)7-15)13-11(16)6-10(14)8-17-13/h2-6,8H,16H2,1H3. The van der Waals surface area contributed by atoms with Gasteiger partial charge in [-0.05, 0) is 18.2 Å². The van der Waals surface area contributed by atoms with E-state index in [0.29, 0.717) is 22.1 Å². The van der Waals surface area contributed by atoms with Crippen LogP contribution in [0.3, 0.4) is 0 Å². The van der Waals surface area contributed by atoms with Gasteiger partial charge in [0.05, 0.1) is 22.0 Å². The molecule has 0 unspecified atom stereocenters. The quantitative estimate of drug-likeness (QED) is 0.899. The summed E-state index contributed by atoms with van der Waals surface area (Å²) in [5.74, 6) is 0.571. The number of hydrogen-bond donors (Lipinski definition) is 1. The van der Waals surface area contributed by atoms with Crippen LogP contribution < -0.4 is 10.6 Å². The minimum absolute atomic E-state index is 0.470. The van der Waals surface area contributed by atoms with Gasteiger partial charge in [0, 0.05) is 13.2 Å². The topological polar surface area (TPSA) is 65.9 Å². The molecule has 1 aromatic heterocycles. The number of nitrogens with two attached hydrogens (primary N) is 1. The molecule has 90 valence electrons. The summed E-state index contributed by atoms with van der Waals surface area (Å²) >= 11 is 5.81. The molecule has 0 saturated heterocycles. The van der Waals surface area contributed by atoms with Crippen LogP contribution in [0, 0.1) is 11.3 Å². The number of nitriles is 1. The lowest BCUT2D eigenvalue weighted by Crippen LogP contribution is -2.14. The Kier molecular flexibility index (Phi) is 3.35. The van der Waals surface area contributed by atoms with E-state index < -0.39 is 0 Å². The molecule has 0 amide bonds. The van der Waals surface area contributed by atoms with Gasteiger partial charge in [-0.15, -0.1) is 0 Å². The average Bonchev–Trinajstić information content (AvgIpc) is 2.38. The van der Waals surface area contributed by atoms with Gasteiger partial charge in [0.1, 0.15) is 6.07 Å². The van der Waals surface area contributed by atoms with Crippen LogP contribution in [0.2, 0.25) is 5.02 Å². The summed E-state index contributed by atoms with van der Waals surface area (Å²) in [5, 5.41) is 9.56. The van der Waals surface area contributed by atoms with Gasteiger partial charge in [-0.1, -0.05) is 23.7 Å². The normalized spacial score (nSPS) is 9.83. The SMILES string of the molecule is CN(c1ccccc1C#N)c1ncc(Cl)cc1N. The third-order valence-electron chi connectivity index (χ3n) is 2.57. The van der Waals surface area contributed by atoms with Crippen LogP contribution in [0.5, 0.6) is 0 Å². The fraction of sp³-hybridized carbons (Fsp3) is 0.0769. The third kappa shape index (κ3) is 2.22. The molecule has 5 heteroatoms. The maximum Gasteiger partial charge on any atom is 0.156 e. The van der Waals surface area contributed by atoms with Crippen LogP contribution in [-0.4, -0.2) is 12.0 Å². The predicted octanol–water partition coefficient (Wildman–Crippen LogP) is 2.96. The van der Waals surface area contributed by atoms with Crippen LogP contribution in [-0.2, 0) is 0 Å². The highest BCUT2D eigenvalue weighted by molar-refractivity contribution is 6.30. The summed E-state index contributed by atoms with van der Waals surface area (Å²) in [4.78, 5) is 5.96. The van der Waals surface area contributed by atoms with Crippen molar-refractivity contribution in [2.45, 2.75) is 0 Å². The van der Waals surface area contributed by atoms with E-state index in [1.165, 1.54) is 6.20 Å². The van der Waals surface area contributed by atoms with Gasteiger partial charge in [0.2, 0.25) is 0 Å². The second kappa shape index (κ2) is 4.94. The molecule has 1 aromatic carbocycles. The number of rotatable bonds is 2. The van der Waals surface area contributed by atoms with E-state index in [-0.39, 0.29) is 0 Å². The molecule has 18 heavy (non-hydrogen) atoms. The fourth-order valence-electron chi connectivity index (χ4n) is 1.70. The van der Waals surface area contributed by atoms with E-state index in [1.807, 2.05) is 25.2 Å². The molecular formula is C13H11ClN4. The monoisotopic (exact) mass is 258 g/mol. The highest BCUT2D eigenvalue weighted by atomic mass is 35.5. The Hall–Kier alpha value is -2.25. The van der Waals surface area contributed by atoms with Gasteiger partial charge >= 0.3 is 0 Å². The number of aromatic nitrogens is 1. The van der Waals surface area contributed by atoms with Crippen molar-refractivity contribution in [2.75, 3.05) is 17.7 Å². The van der Waals surface area contributed by atoms with E-state index in [0.717, 1.165) is 5.69 Å². The summed E-state index contributed by atoms with van der Waals surface area (Å²) in [5.41, 5.74) is 7.67. The zero-order chi connectivity index (χ0) is 13.1. The van der Waals surface area contributed by atoms with Crippen molar-refractivity contribution < 1.29 is 0 Å². The number of nitrogen functional groups attached to an aromatic ring is 1. The molecule has 2 aromatic rings. The number of para-hydroxylation sites is 1. The van der Waals surface area contributed by atoms with Crippen molar-refractivity contribution in [1.82, 2.24) is 4.98 Å². The number of halogens is 1. The fourth-order valence-corrected chi connectivity index (χ4v) is 1.87. The lowest BCUT2D eigenvalue weighted by Gasteiger charge is -2.20. The van der Waals surface area contributed by atoms with E-state index in [2.05, 4.69) is 11.1 Å². The Morgan fingerprint density at radius 2 is 2.11 bits per heavy atom. The Morgan fingerprint density at radius 3 is 2.78 bits per heavy atom. The first-order chi connectivity index (χ1) is 8.63. The lowest BCUT2D eigenvalue weighted by atomic mass is 10.2. The van der Waals surface area contributed by atoms with E-state index in [4.69, 9.17) is 22.6 Å². The lowest BCUT2D eigenvalue weighted by molar-refractivity contribution is 1.13. The molecule has 0 fully saturated rings. The van der Waals surface area contributed by atoms with Crippen molar-refractivity contribution in [1.29, 1.82) is 5.26 Å². The van der Waals surface area contributed by atoms with Gasteiger partial charge in [0.25, 0.3) is 0 Å². The maximum absolute atomic E-state index is 9.08. The van der Waals surface area contributed by atoms with Crippen LogP contribution in [0.1, 0.15) is 5.56 Å². The molecule has 0 saturated carbocycles. The van der Waals surface area contributed by atoms with Crippen molar-refractivity contribution in [2.24, 2.45) is 0 Å². The molecule has 2 rings (SSSR count). The summed E-state index contributed by atoms with van der Waals surface area (Å²) in [6.45, 7) is 0. The number of anilines is 3. The summed E-state index contributed by atoms with van der Waals surface area (Å²) in [6, 6.07) is 11.0. The Balaban J connectivity index is 2.48. The second-order valence-corrected chi connectivity index (χ2v) is 4.19. The number of hydrogen-bond acceptors (Lipinski definition) is 4. The van der Waals surface area contributed by atoms with Crippen molar-refractivity contribution in [3.05, 3.63) is 47.1 Å². The average molecular weight is 259 g/mol. The summed E-state index contributed by atoms with van der Waals surface area (Å²) in [6.07, 6.45) is 1.53. The van der Waals surface area contributed by atoms with Gasteiger partial charge in [-0.25, -0.2) is 4.98 Å². The molecule has 4 nitrogen and oxygen atoms in total. The summed E-state index contributed by atoms with van der Waals surface area (Å²) in [7, 11) is 1.81. The predicted molar refractivity (Wildman–Crippen MR) is 72.9 cm³/mol. The minimum Gasteiger partial charge on any atom is -0.396 e. The first kappa shape index (κ1) is 12.2. The Morgan fingerprint density at radius 1 is 1.39 bits per heavy atom.